The van der Waals surface area contributed by atoms with E-state index in [1.807, 2.05) is 0 Å². The molecule has 0 aromatic rings. The Morgan fingerprint density at radius 2 is 1.87 bits per heavy atom. The number of likely N-dealkylation sites (tertiary alicyclic amines) is 1. The number of thiol groups is 1. The summed E-state index contributed by atoms with van der Waals surface area (Å²) in [5, 5.41) is 24.4. The minimum absolute atomic E-state index is 0.0866. The van der Waals surface area contributed by atoms with Crippen LogP contribution >= 0.6 is 12.6 Å². The van der Waals surface area contributed by atoms with Gasteiger partial charge in [-0.3, -0.25) is 14.4 Å². The molecule has 0 radical (unpaired) electrons. The molecule has 0 spiro atoms. The number of carbonyl (C=O) groups is 4. The van der Waals surface area contributed by atoms with E-state index in [1.54, 1.807) is 0 Å². The number of nitrogens with one attached hydrogen (secondary N) is 2. The lowest BCUT2D eigenvalue weighted by Gasteiger charge is -2.30. The van der Waals surface area contributed by atoms with Gasteiger partial charge < -0.3 is 37.2 Å². The van der Waals surface area contributed by atoms with Crippen molar-refractivity contribution >= 4 is 36.3 Å². The molecule has 0 bridgehead atoms. The average molecular weight is 448 g/mol. The fourth-order valence-electron chi connectivity index (χ4n) is 3.23. The standard InChI is InChI=1S/C18H33N5O6S/c1-10(24)14(17(27)23-8-4-6-13(23)18(28)29)22-16(26)12(5-2-3-7-19)21-15(25)11(20)9-30/h10-14,24,30H,2-9,19-20H2,1H3,(H,21,25)(H,22,26)(H,28,29). The van der Waals surface area contributed by atoms with Crippen molar-refractivity contribution in [3.63, 3.8) is 0 Å². The van der Waals surface area contributed by atoms with Gasteiger partial charge in [-0.1, -0.05) is 0 Å². The average Bonchev–Trinajstić information content (AvgIpc) is 3.19. The van der Waals surface area contributed by atoms with Crippen LogP contribution < -0.4 is 22.1 Å². The first-order chi connectivity index (χ1) is 14.1. The van der Waals surface area contributed by atoms with Crippen LogP contribution in [0.2, 0.25) is 0 Å². The molecular weight excluding hydrogens is 414 g/mol. The number of hydrogen-bond donors (Lipinski definition) is 7. The van der Waals surface area contributed by atoms with E-state index in [0.29, 0.717) is 32.2 Å². The van der Waals surface area contributed by atoms with Gasteiger partial charge in [0.15, 0.2) is 0 Å². The molecule has 3 amide bonds. The zero-order chi connectivity index (χ0) is 22.8. The summed E-state index contributed by atoms with van der Waals surface area (Å²) in [6.45, 7) is 1.97. The van der Waals surface area contributed by atoms with E-state index in [0.717, 1.165) is 4.90 Å². The summed E-state index contributed by atoms with van der Waals surface area (Å²) in [5.41, 5.74) is 11.1. The molecule has 172 valence electrons. The van der Waals surface area contributed by atoms with Crippen LogP contribution in [-0.2, 0) is 19.2 Å². The zero-order valence-electron chi connectivity index (χ0n) is 17.1. The third kappa shape index (κ3) is 7.42. The summed E-state index contributed by atoms with van der Waals surface area (Å²) in [7, 11) is 0. The highest BCUT2D eigenvalue weighted by atomic mass is 32.1. The molecule has 0 aromatic heterocycles. The van der Waals surface area contributed by atoms with Gasteiger partial charge in [0.25, 0.3) is 0 Å². The second kappa shape index (κ2) is 12.7. The predicted octanol–water partition coefficient (Wildman–Crippen LogP) is -2.20. The van der Waals surface area contributed by atoms with Crippen LogP contribution in [-0.4, -0.2) is 87.9 Å². The van der Waals surface area contributed by atoms with Gasteiger partial charge in [-0.2, -0.15) is 12.6 Å². The molecule has 0 aromatic carbocycles. The number of aliphatic hydroxyl groups is 1. The summed E-state index contributed by atoms with van der Waals surface area (Å²) in [6.07, 6.45) is 0.993. The molecule has 30 heavy (non-hydrogen) atoms. The monoisotopic (exact) mass is 447 g/mol. The molecule has 1 fully saturated rings. The van der Waals surface area contributed by atoms with Gasteiger partial charge in [-0.25, -0.2) is 4.79 Å². The van der Waals surface area contributed by atoms with E-state index in [-0.39, 0.29) is 18.7 Å². The topological polar surface area (TPSA) is 188 Å². The number of unbranched alkanes of at least 4 members (excludes halogenated alkanes) is 1. The number of carboxylic acids is 1. The fourth-order valence-corrected chi connectivity index (χ4v) is 3.40. The van der Waals surface area contributed by atoms with Crippen molar-refractivity contribution < 1.29 is 29.4 Å². The number of hydrogen-bond acceptors (Lipinski definition) is 8. The maximum atomic E-state index is 12.9. The summed E-state index contributed by atoms with van der Waals surface area (Å²) in [6, 6.07) is -4.24. The second-order valence-electron chi connectivity index (χ2n) is 7.39. The van der Waals surface area contributed by atoms with E-state index < -0.39 is 54.0 Å². The van der Waals surface area contributed by atoms with E-state index in [4.69, 9.17) is 11.5 Å². The van der Waals surface area contributed by atoms with Gasteiger partial charge in [0, 0.05) is 12.3 Å². The zero-order valence-corrected chi connectivity index (χ0v) is 18.0. The fraction of sp³-hybridized carbons (Fsp3) is 0.778. The summed E-state index contributed by atoms with van der Waals surface area (Å²) in [5.74, 6) is -2.96. The minimum atomic E-state index is -1.34. The third-order valence-corrected chi connectivity index (χ3v) is 5.37. The number of aliphatic carboxylic acids is 1. The molecular formula is C18H33N5O6S. The van der Waals surface area contributed by atoms with Gasteiger partial charge in [0.05, 0.1) is 12.1 Å². The Balaban J connectivity index is 2.93. The molecule has 11 nitrogen and oxygen atoms in total. The van der Waals surface area contributed by atoms with Crippen molar-refractivity contribution in [3.05, 3.63) is 0 Å². The van der Waals surface area contributed by atoms with Gasteiger partial charge >= 0.3 is 5.97 Å². The van der Waals surface area contributed by atoms with E-state index in [9.17, 15) is 29.4 Å². The van der Waals surface area contributed by atoms with Crippen molar-refractivity contribution in [1.82, 2.24) is 15.5 Å². The lowest BCUT2D eigenvalue weighted by atomic mass is 10.1. The summed E-state index contributed by atoms with van der Waals surface area (Å²) >= 11 is 3.96. The van der Waals surface area contributed by atoms with Crippen molar-refractivity contribution in [2.75, 3.05) is 18.8 Å². The van der Waals surface area contributed by atoms with E-state index >= 15 is 0 Å². The molecule has 1 saturated heterocycles. The summed E-state index contributed by atoms with van der Waals surface area (Å²) in [4.78, 5) is 50.3. The molecule has 5 atom stereocenters. The first-order valence-corrected chi connectivity index (χ1v) is 10.7. The van der Waals surface area contributed by atoms with Crippen LogP contribution in [0.5, 0.6) is 0 Å². The normalized spacial score (nSPS) is 20.2. The predicted molar refractivity (Wildman–Crippen MR) is 113 cm³/mol. The molecule has 1 rings (SSSR count). The van der Waals surface area contributed by atoms with Crippen LogP contribution in [0, 0.1) is 0 Å². The Hall–Kier alpha value is -1.89. The first-order valence-electron chi connectivity index (χ1n) is 10.0. The smallest absolute Gasteiger partial charge is 0.326 e. The van der Waals surface area contributed by atoms with Gasteiger partial charge in [0.1, 0.15) is 18.1 Å². The first kappa shape index (κ1) is 26.1. The Labute approximate surface area is 181 Å². The Bertz CT molecular complexity index is 620. The number of carbonyl (C=O) groups excluding carboxylic acids is 3. The molecule has 12 heteroatoms. The highest BCUT2D eigenvalue weighted by molar-refractivity contribution is 7.80. The van der Waals surface area contributed by atoms with Gasteiger partial charge in [0.2, 0.25) is 17.7 Å². The molecule has 0 saturated carbocycles. The van der Waals surface area contributed by atoms with E-state index in [2.05, 4.69) is 23.3 Å². The number of amides is 3. The molecule has 0 aliphatic carbocycles. The summed E-state index contributed by atoms with van der Waals surface area (Å²) < 4.78 is 0. The van der Waals surface area contributed by atoms with Gasteiger partial charge in [-0.05, 0) is 45.6 Å². The molecule has 1 aliphatic rings. The largest absolute Gasteiger partial charge is 0.480 e. The van der Waals surface area contributed by atoms with Gasteiger partial charge in [-0.15, -0.1) is 0 Å². The van der Waals surface area contributed by atoms with Crippen LogP contribution in [0.3, 0.4) is 0 Å². The lowest BCUT2D eigenvalue weighted by molar-refractivity contribution is -0.150. The number of aliphatic hydroxyl groups excluding tert-OH is 1. The van der Waals surface area contributed by atoms with Crippen molar-refractivity contribution in [2.24, 2.45) is 11.5 Å². The Morgan fingerprint density at radius 3 is 2.40 bits per heavy atom. The minimum Gasteiger partial charge on any atom is -0.480 e. The maximum Gasteiger partial charge on any atom is 0.326 e. The Morgan fingerprint density at radius 1 is 1.20 bits per heavy atom. The highest BCUT2D eigenvalue weighted by Crippen LogP contribution is 2.19. The molecule has 5 unspecified atom stereocenters. The van der Waals surface area contributed by atoms with Crippen molar-refractivity contribution in [3.8, 4) is 0 Å². The van der Waals surface area contributed by atoms with Crippen LogP contribution in [0.15, 0.2) is 0 Å². The third-order valence-electron chi connectivity index (χ3n) is 4.98. The number of rotatable bonds is 12. The second-order valence-corrected chi connectivity index (χ2v) is 7.75. The lowest BCUT2D eigenvalue weighted by Crippen LogP contribution is -2.60. The van der Waals surface area contributed by atoms with E-state index in [1.165, 1.54) is 6.92 Å². The molecule has 8 N–H and O–H groups in total. The van der Waals surface area contributed by atoms with Crippen molar-refractivity contribution in [2.45, 2.75) is 69.3 Å². The van der Waals surface area contributed by atoms with Crippen LogP contribution in [0.25, 0.3) is 0 Å². The van der Waals surface area contributed by atoms with Crippen LogP contribution in [0.4, 0.5) is 0 Å². The highest BCUT2D eigenvalue weighted by Gasteiger charge is 2.40. The Kier molecular flexibility index (Phi) is 11.1. The SMILES string of the molecule is CC(O)C(NC(=O)C(CCCCN)NC(=O)C(N)CS)C(=O)N1CCCC1C(=O)O. The molecule has 1 aliphatic heterocycles. The number of carboxylic acid groups (broad SMARTS) is 1. The van der Waals surface area contributed by atoms with Crippen LogP contribution in [0.1, 0.15) is 39.0 Å². The quantitative estimate of drug-likeness (QED) is 0.130. The maximum absolute atomic E-state index is 12.9. The molecule has 1 heterocycles. The number of nitrogens with zero attached hydrogens (tertiary/aromatic N) is 1. The number of nitrogens with two attached hydrogens (primary N) is 2. The van der Waals surface area contributed by atoms with Crippen molar-refractivity contribution in [1.29, 1.82) is 0 Å².